The van der Waals surface area contributed by atoms with Gasteiger partial charge in [-0.05, 0) is 25.2 Å². The Kier molecular flexibility index (Phi) is 6.17. The molecule has 1 aliphatic rings. The molecule has 0 aromatic heterocycles. The zero-order valence-corrected chi connectivity index (χ0v) is 12.5. The lowest BCUT2D eigenvalue weighted by Gasteiger charge is -2.21. The van der Waals surface area contributed by atoms with Gasteiger partial charge >= 0.3 is 18.1 Å². The summed E-state index contributed by atoms with van der Waals surface area (Å²) in [7, 11) is -3.00. The van der Waals surface area contributed by atoms with E-state index in [-0.39, 0.29) is 23.8 Å². The SMILES string of the molecule is O=C(CCC1CCS(=O)(=O)CC1)OCCC(F)(F)C(F)(F)F. The van der Waals surface area contributed by atoms with Crippen LogP contribution in [0.2, 0.25) is 0 Å². The molecule has 0 N–H and O–H groups in total. The van der Waals surface area contributed by atoms with Crippen LogP contribution < -0.4 is 0 Å². The average molecular weight is 352 g/mol. The monoisotopic (exact) mass is 352 g/mol. The Bertz CT molecular complexity index is 472. The van der Waals surface area contributed by atoms with E-state index in [0.717, 1.165) is 0 Å². The van der Waals surface area contributed by atoms with E-state index >= 15 is 0 Å². The van der Waals surface area contributed by atoms with Gasteiger partial charge in [-0.15, -0.1) is 0 Å². The molecule has 1 heterocycles. The lowest BCUT2D eigenvalue weighted by atomic mass is 9.97. The first kappa shape index (κ1) is 19.1. The van der Waals surface area contributed by atoms with Crippen molar-refractivity contribution in [2.24, 2.45) is 5.92 Å². The number of hydrogen-bond donors (Lipinski definition) is 0. The van der Waals surface area contributed by atoms with Crippen LogP contribution in [0.15, 0.2) is 0 Å². The van der Waals surface area contributed by atoms with Crippen LogP contribution in [0.3, 0.4) is 0 Å². The van der Waals surface area contributed by atoms with Crippen molar-refractivity contribution in [1.29, 1.82) is 0 Å². The summed E-state index contributed by atoms with van der Waals surface area (Å²) in [4.78, 5) is 11.3. The second-order valence-corrected chi connectivity index (χ2v) is 7.61. The van der Waals surface area contributed by atoms with Crippen molar-refractivity contribution in [2.75, 3.05) is 18.1 Å². The molecular weight excluding hydrogens is 335 g/mol. The Hall–Kier alpha value is -0.930. The third kappa shape index (κ3) is 6.05. The number of esters is 1. The van der Waals surface area contributed by atoms with Crippen LogP contribution in [-0.4, -0.2) is 44.6 Å². The zero-order valence-electron chi connectivity index (χ0n) is 11.7. The summed E-state index contributed by atoms with van der Waals surface area (Å²) in [6.45, 7) is -1.01. The summed E-state index contributed by atoms with van der Waals surface area (Å²) in [6, 6.07) is 0. The maximum absolute atomic E-state index is 12.6. The minimum absolute atomic E-state index is 0.0210. The molecule has 0 aliphatic carbocycles. The van der Waals surface area contributed by atoms with Gasteiger partial charge in [0.05, 0.1) is 24.5 Å². The van der Waals surface area contributed by atoms with E-state index in [1.54, 1.807) is 0 Å². The van der Waals surface area contributed by atoms with E-state index in [2.05, 4.69) is 4.74 Å². The number of alkyl halides is 5. The molecular formula is C12H17F5O4S. The van der Waals surface area contributed by atoms with Crippen LogP contribution in [0, 0.1) is 5.92 Å². The average Bonchev–Trinajstić information content (AvgIpc) is 2.36. The van der Waals surface area contributed by atoms with Gasteiger partial charge in [-0.3, -0.25) is 4.79 Å². The molecule has 4 nitrogen and oxygen atoms in total. The van der Waals surface area contributed by atoms with Gasteiger partial charge in [0.15, 0.2) is 0 Å². The van der Waals surface area contributed by atoms with Crippen molar-refractivity contribution >= 4 is 15.8 Å². The van der Waals surface area contributed by atoms with E-state index in [1.807, 2.05) is 0 Å². The van der Waals surface area contributed by atoms with E-state index in [4.69, 9.17) is 0 Å². The quantitative estimate of drug-likeness (QED) is 0.545. The highest BCUT2D eigenvalue weighted by Gasteiger charge is 2.56. The fraction of sp³-hybridized carbons (Fsp3) is 0.917. The van der Waals surface area contributed by atoms with E-state index in [0.29, 0.717) is 19.3 Å². The van der Waals surface area contributed by atoms with E-state index in [9.17, 15) is 35.2 Å². The number of hydrogen-bond acceptors (Lipinski definition) is 4. The number of carbonyl (C=O) groups excluding carboxylic acids is 1. The third-order valence-corrected chi connectivity index (χ3v) is 5.24. The minimum Gasteiger partial charge on any atom is -0.465 e. The fourth-order valence-corrected chi connectivity index (χ4v) is 3.65. The normalized spacial score (nSPS) is 19.9. The smallest absolute Gasteiger partial charge is 0.453 e. The second kappa shape index (κ2) is 7.10. The second-order valence-electron chi connectivity index (χ2n) is 5.31. The molecule has 0 bridgehead atoms. The van der Waals surface area contributed by atoms with Crippen molar-refractivity contribution in [1.82, 2.24) is 0 Å². The molecule has 130 valence electrons. The number of rotatable bonds is 6. The summed E-state index contributed by atoms with van der Waals surface area (Å²) in [6.07, 6.45) is -6.22. The summed E-state index contributed by atoms with van der Waals surface area (Å²) < 4.78 is 87.5. The van der Waals surface area contributed by atoms with Gasteiger partial charge < -0.3 is 4.74 Å². The Labute approximate surface area is 124 Å². The molecule has 22 heavy (non-hydrogen) atoms. The first-order valence-electron chi connectivity index (χ1n) is 6.73. The van der Waals surface area contributed by atoms with Gasteiger partial charge in [0.1, 0.15) is 9.84 Å². The predicted molar refractivity (Wildman–Crippen MR) is 67.2 cm³/mol. The number of sulfone groups is 1. The first-order chi connectivity index (χ1) is 9.93. The maximum Gasteiger partial charge on any atom is 0.453 e. The zero-order chi connectivity index (χ0) is 17.0. The fourth-order valence-electron chi connectivity index (χ4n) is 2.06. The Morgan fingerprint density at radius 3 is 2.14 bits per heavy atom. The molecule has 0 radical (unpaired) electrons. The summed E-state index contributed by atoms with van der Waals surface area (Å²) in [5.41, 5.74) is 0. The molecule has 0 aromatic rings. The van der Waals surface area contributed by atoms with Crippen LogP contribution in [0.1, 0.15) is 32.1 Å². The molecule has 1 aliphatic heterocycles. The molecule has 1 fully saturated rings. The number of carbonyl (C=O) groups is 1. The molecule has 10 heteroatoms. The number of halogens is 5. The van der Waals surface area contributed by atoms with Gasteiger partial charge in [-0.2, -0.15) is 22.0 Å². The van der Waals surface area contributed by atoms with E-state index in [1.165, 1.54) is 0 Å². The van der Waals surface area contributed by atoms with Gasteiger partial charge in [0, 0.05) is 6.42 Å². The Morgan fingerprint density at radius 2 is 1.64 bits per heavy atom. The molecule has 0 aromatic carbocycles. The Morgan fingerprint density at radius 1 is 1.09 bits per heavy atom. The van der Waals surface area contributed by atoms with Crippen molar-refractivity contribution in [2.45, 2.75) is 44.2 Å². The van der Waals surface area contributed by atoms with Crippen LogP contribution in [0.25, 0.3) is 0 Å². The highest BCUT2D eigenvalue weighted by atomic mass is 32.2. The summed E-state index contributed by atoms with van der Waals surface area (Å²) in [5.74, 6) is -5.63. The summed E-state index contributed by atoms with van der Waals surface area (Å²) >= 11 is 0. The van der Waals surface area contributed by atoms with Gasteiger partial charge in [0.25, 0.3) is 0 Å². The van der Waals surface area contributed by atoms with Crippen molar-refractivity contribution in [3.63, 3.8) is 0 Å². The van der Waals surface area contributed by atoms with Crippen molar-refractivity contribution in [3.8, 4) is 0 Å². The topological polar surface area (TPSA) is 60.4 Å². The lowest BCUT2D eigenvalue weighted by molar-refractivity contribution is -0.286. The third-order valence-electron chi connectivity index (χ3n) is 3.52. The molecule has 0 saturated carbocycles. The van der Waals surface area contributed by atoms with Gasteiger partial charge in [-0.1, -0.05) is 0 Å². The predicted octanol–water partition coefficient (Wildman–Crippen LogP) is 2.72. The molecule has 0 unspecified atom stereocenters. The van der Waals surface area contributed by atoms with Crippen LogP contribution in [0.4, 0.5) is 22.0 Å². The van der Waals surface area contributed by atoms with Crippen molar-refractivity contribution in [3.05, 3.63) is 0 Å². The lowest BCUT2D eigenvalue weighted by Crippen LogP contribution is -2.37. The minimum atomic E-state index is -5.66. The standard InChI is InChI=1S/C12H17F5O4S/c13-11(14,12(15,16)17)5-6-21-10(18)2-1-9-3-7-22(19,20)8-4-9/h9H,1-8H2. The molecule has 1 rings (SSSR count). The van der Waals surface area contributed by atoms with Crippen LogP contribution >= 0.6 is 0 Å². The molecule has 0 atom stereocenters. The maximum atomic E-state index is 12.6. The number of ether oxygens (including phenoxy) is 1. The molecule has 0 spiro atoms. The van der Waals surface area contributed by atoms with E-state index < -0.39 is 40.9 Å². The largest absolute Gasteiger partial charge is 0.465 e. The Balaban J connectivity index is 2.22. The molecule has 1 saturated heterocycles. The van der Waals surface area contributed by atoms with Crippen LogP contribution in [0.5, 0.6) is 0 Å². The summed E-state index contributed by atoms with van der Waals surface area (Å²) in [5, 5.41) is 0. The van der Waals surface area contributed by atoms with Gasteiger partial charge in [-0.25, -0.2) is 8.42 Å². The highest BCUT2D eigenvalue weighted by Crippen LogP contribution is 2.37. The molecule has 0 amide bonds. The highest BCUT2D eigenvalue weighted by molar-refractivity contribution is 7.91. The first-order valence-corrected chi connectivity index (χ1v) is 8.56. The van der Waals surface area contributed by atoms with Gasteiger partial charge in [0.2, 0.25) is 0 Å². The van der Waals surface area contributed by atoms with Crippen molar-refractivity contribution < 1.29 is 39.9 Å². The van der Waals surface area contributed by atoms with Crippen LogP contribution in [-0.2, 0) is 19.4 Å².